The minimum Gasteiger partial charge on any atom is -0.493 e. The van der Waals surface area contributed by atoms with Crippen molar-refractivity contribution >= 4 is 11.4 Å². The molecule has 12 heteroatoms. The Kier molecular flexibility index (Phi) is 11.1. The van der Waals surface area contributed by atoms with E-state index in [-0.39, 0.29) is 23.6 Å². The number of non-ortho nitro benzene ring substituents is 2. The number of methoxy groups -OCH3 is 2. The van der Waals surface area contributed by atoms with Gasteiger partial charge >= 0.3 is 0 Å². The maximum absolute atomic E-state index is 10.8. The maximum Gasteiger partial charge on any atom is 0.273 e. The molecule has 2 aromatic rings. The first-order chi connectivity index (χ1) is 18.7. The molecule has 0 saturated carbocycles. The Hall–Kier alpha value is -3.64. The number of rotatable bonds is 9. The van der Waals surface area contributed by atoms with Crippen molar-refractivity contribution in [2.45, 2.75) is 57.8 Å². The van der Waals surface area contributed by atoms with Gasteiger partial charge in [0.2, 0.25) is 0 Å². The number of hydrogen-bond acceptors (Lipinski definition) is 10. The van der Waals surface area contributed by atoms with Crippen molar-refractivity contribution in [2.24, 2.45) is 0 Å². The molecule has 2 aromatic carbocycles. The molecular formula is C27H38N4O8. The van der Waals surface area contributed by atoms with Crippen molar-refractivity contribution in [3.63, 3.8) is 0 Å². The van der Waals surface area contributed by atoms with E-state index in [1.165, 1.54) is 38.5 Å². The predicted octanol–water partition coefficient (Wildman–Crippen LogP) is 4.59. The highest BCUT2D eigenvalue weighted by molar-refractivity contribution is 5.49. The van der Waals surface area contributed by atoms with E-state index < -0.39 is 9.85 Å². The number of likely N-dealkylation sites (tertiary alicyclic amines) is 1. The fourth-order valence-electron chi connectivity index (χ4n) is 4.52. The van der Waals surface area contributed by atoms with Gasteiger partial charge in [0.25, 0.3) is 11.4 Å². The van der Waals surface area contributed by atoms with Gasteiger partial charge in [-0.25, -0.2) is 0 Å². The van der Waals surface area contributed by atoms with Crippen LogP contribution in [0.3, 0.4) is 0 Å². The summed E-state index contributed by atoms with van der Waals surface area (Å²) in [5, 5.41) is 24.7. The van der Waals surface area contributed by atoms with Crippen LogP contribution >= 0.6 is 0 Å². The van der Waals surface area contributed by atoms with Crippen LogP contribution in [-0.2, 0) is 0 Å². The van der Waals surface area contributed by atoms with Gasteiger partial charge in [-0.15, -0.1) is 0 Å². The van der Waals surface area contributed by atoms with Gasteiger partial charge in [-0.2, -0.15) is 0 Å². The minimum atomic E-state index is -0.448. The first kappa shape index (κ1) is 29.9. The first-order valence-electron chi connectivity index (χ1n) is 13.1. The quantitative estimate of drug-likeness (QED) is 0.351. The van der Waals surface area contributed by atoms with E-state index in [1.54, 1.807) is 12.1 Å². The van der Waals surface area contributed by atoms with Crippen molar-refractivity contribution in [3.05, 3.63) is 56.6 Å². The molecule has 39 heavy (non-hydrogen) atoms. The summed E-state index contributed by atoms with van der Waals surface area (Å²) in [4.78, 5) is 23.0. The molecule has 2 aliphatic heterocycles. The van der Waals surface area contributed by atoms with E-state index >= 15 is 0 Å². The van der Waals surface area contributed by atoms with Crippen LogP contribution in [0.2, 0.25) is 0 Å². The molecule has 0 radical (unpaired) electrons. The summed E-state index contributed by atoms with van der Waals surface area (Å²) in [6.07, 6.45) is 4.05. The van der Waals surface area contributed by atoms with Crippen molar-refractivity contribution in [1.29, 1.82) is 0 Å². The molecule has 0 spiro atoms. The molecule has 214 valence electrons. The van der Waals surface area contributed by atoms with Gasteiger partial charge in [0.05, 0.1) is 36.2 Å². The summed E-state index contributed by atoms with van der Waals surface area (Å²) >= 11 is 0. The lowest BCUT2D eigenvalue weighted by Gasteiger charge is -2.34. The normalized spacial score (nSPS) is 16.6. The molecule has 0 atom stereocenters. The van der Waals surface area contributed by atoms with Crippen LogP contribution in [-0.4, -0.2) is 73.4 Å². The molecule has 2 fully saturated rings. The summed E-state index contributed by atoms with van der Waals surface area (Å²) in [5.41, 5.74) is 0.0123. The second-order valence-corrected chi connectivity index (χ2v) is 9.70. The fraction of sp³-hybridized carbons (Fsp3) is 0.556. The summed E-state index contributed by atoms with van der Waals surface area (Å²) in [5.74, 6) is 1.96. The van der Waals surface area contributed by atoms with Gasteiger partial charge in [-0.1, -0.05) is 0 Å². The molecule has 0 bridgehead atoms. The molecule has 4 rings (SSSR count). The second kappa shape index (κ2) is 14.5. The van der Waals surface area contributed by atoms with Crippen LogP contribution in [0.4, 0.5) is 11.4 Å². The van der Waals surface area contributed by atoms with Gasteiger partial charge in [-0.05, 0) is 64.8 Å². The zero-order chi connectivity index (χ0) is 28.4. The molecule has 0 amide bonds. The largest absolute Gasteiger partial charge is 0.493 e. The van der Waals surface area contributed by atoms with Crippen LogP contribution in [0.15, 0.2) is 36.4 Å². The predicted molar refractivity (Wildman–Crippen MR) is 146 cm³/mol. The molecule has 2 aliphatic rings. The summed E-state index contributed by atoms with van der Waals surface area (Å²) < 4.78 is 22.1. The molecule has 0 unspecified atom stereocenters. The average molecular weight is 547 g/mol. The number of hydrogen-bond donors (Lipinski definition) is 1. The van der Waals surface area contributed by atoms with E-state index in [0.29, 0.717) is 29.0 Å². The zero-order valence-electron chi connectivity index (χ0n) is 23.0. The lowest BCUT2D eigenvalue weighted by atomic mass is 10.1. The Balaban J connectivity index is 0.000000218. The molecule has 2 heterocycles. The topological polar surface area (TPSA) is 138 Å². The van der Waals surface area contributed by atoms with Crippen LogP contribution in [0, 0.1) is 20.2 Å². The van der Waals surface area contributed by atoms with Gasteiger partial charge in [0.15, 0.2) is 23.0 Å². The molecule has 12 nitrogen and oxygen atoms in total. The van der Waals surface area contributed by atoms with Gasteiger partial charge in [0.1, 0.15) is 12.2 Å². The highest BCUT2D eigenvalue weighted by atomic mass is 16.6. The summed E-state index contributed by atoms with van der Waals surface area (Å²) in [7, 11) is 2.97. The van der Waals surface area contributed by atoms with Crippen molar-refractivity contribution in [3.8, 4) is 23.0 Å². The van der Waals surface area contributed by atoms with Crippen molar-refractivity contribution < 1.29 is 28.8 Å². The zero-order valence-corrected chi connectivity index (χ0v) is 23.0. The Morgan fingerprint density at radius 3 is 1.59 bits per heavy atom. The fourth-order valence-corrected chi connectivity index (χ4v) is 4.52. The summed E-state index contributed by atoms with van der Waals surface area (Å²) in [6.45, 7) is 8.27. The number of nitrogens with zero attached hydrogens (tertiary/aromatic N) is 3. The molecule has 2 saturated heterocycles. The van der Waals surface area contributed by atoms with E-state index in [9.17, 15) is 20.2 Å². The molecule has 0 aliphatic carbocycles. The monoisotopic (exact) mass is 546 g/mol. The Morgan fingerprint density at radius 2 is 1.21 bits per heavy atom. The Bertz CT molecular complexity index is 1100. The molecule has 0 aromatic heterocycles. The van der Waals surface area contributed by atoms with Crippen LogP contribution < -0.4 is 24.3 Å². The maximum atomic E-state index is 10.8. The average Bonchev–Trinajstić information content (AvgIpc) is 2.94. The smallest absolute Gasteiger partial charge is 0.273 e. The van der Waals surface area contributed by atoms with Crippen LogP contribution in [0.25, 0.3) is 0 Å². The highest BCUT2D eigenvalue weighted by Crippen LogP contribution is 2.34. The second-order valence-electron chi connectivity index (χ2n) is 9.70. The first-order valence-corrected chi connectivity index (χ1v) is 13.1. The standard InChI is InChI=1S/C15H22N2O4.C12H16N2O4/c1-11(2)16-8-6-13(7-9-16)21-14-5-4-12(17(18)19)10-15(14)20-3;1-17-12-8-9(14(15)16)2-3-11(12)18-10-4-6-13-7-5-10/h4-5,10-11,13H,6-9H2,1-3H3;2-3,8,10,13H,4-7H2,1H3. The summed E-state index contributed by atoms with van der Waals surface area (Å²) in [6, 6.07) is 9.43. The number of ether oxygens (including phenoxy) is 4. The molecular weight excluding hydrogens is 508 g/mol. The van der Waals surface area contributed by atoms with E-state index in [0.717, 1.165) is 51.9 Å². The number of nitro benzene ring substituents is 2. The van der Waals surface area contributed by atoms with E-state index in [1.807, 2.05) is 0 Å². The Labute approximate surface area is 228 Å². The van der Waals surface area contributed by atoms with Gasteiger partial charge in [0, 0.05) is 31.3 Å². The van der Waals surface area contributed by atoms with Crippen LogP contribution in [0.1, 0.15) is 39.5 Å². The van der Waals surface area contributed by atoms with E-state index in [4.69, 9.17) is 18.9 Å². The number of nitrogens with one attached hydrogen (secondary N) is 1. The van der Waals surface area contributed by atoms with E-state index in [2.05, 4.69) is 24.1 Å². The van der Waals surface area contributed by atoms with Crippen LogP contribution in [0.5, 0.6) is 23.0 Å². The SMILES string of the molecule is COc1cc([N+](=O)[O-])ccc1OC1CCN(C(C)C)CC1.COc1cc([N+](=O)[O-])ccc1OC1CCNCC1. The number of benzene rings is 2. The third-order valence-electron chi connectivity index (χ3n) is 6.80. The van der Waals surface area contributed by atoms with Gasteiger partial charge < -0.3 is 29.2 Å². The van der Waals surface area contributed by atoms with Crippen molar-refractivity contribution in [2.75, 3.05) is 40.4 Å². The lowest BCUT2D eigenvalue weighted by molar-refractivity contribution is -0.385. The minimum absolute atomic E-state index is 0.00418. The van der Waals surface area contributed by atoms with Crippen molar-refractivity contribution in [1.82, 2.24) is 10.2 Å². The highest BCUT2D eigenvalue weighted by Gasteiger charge is 2.24. The number of piperidine rings is 2. The number of nitro groups is 2. The van der Waals surface area contributed by atoms with Gasteiger partial charge in [-0.3, -0.25) is 20.2 Å². The Morgan fingerprint density at radius 1 is 0.769 bits per heavy atom. The third-order valence-corrected chi connectivity index (χ3v) is 6.80. The molecule has 1 N–H and O–H groups in total. The third kappa shape index (κ3) is 8.69. The lowest BCUT2D eigenvalue weighted by Crippen LogP contribution is -2.41.